The SMILES string of the molecule is COc1cccc(NC(=O)Nc2ccc3c(c2)CCC(=O)N3)c1. The second-order valence-electron chi connectivity index (χ2n) is 5.23. The Kier molecular flexibility index (Phi) is 4.14. The van der Waals surface area contributed by atoms with Gasteiger partial charge in [-0.05, 0) is 42.3 Å². The Balaban J connectivity index is 1.67. The van der Waals surface area contributed by atoms with Crippen LogP contribution in [0.25, 0.3) is 0 Å². The first-order valence-electron chi connectivity index (χ1n) is 7.29. The van der Waals surface area contributed by atoms with Crippen LogP contribution in [0.5, 0.6) is 5.75 Å². The van der Waals surface area contributed by atoms with Gasteiger partial charge in [0, 0.05) is 29.5 Å². The highest BCUT2D eigenvalue weighted by atomic mass is 16.5. The summed E-state index contributed by atoms with van der Waals surface area (Å²) >= 11 is 0. The van der Waals surface area contributed by atoms with Crippen LogP contribution < -0.4 is 20.7 Å². The number of anilines is 3. The lowest BCUT2D eigenvalue weighted by Crippen LogP contribution is -2.21. The van der Waals surface area contributed by atoms with E-state index < -0.39 is 0 Å². The number of amides is 3. The summed E-state index contributed by atoms with van der Waals surface area (Å²) in [6, 6.07) is 12.2. The normalized spacial score (nSPS) is 12.8. The highest BCUT2D eigenvalue weighted by Crippen LogP contribution is 2.25. The molecule has 0 unspecified atom stereocenters. The van der Waals surface area contributed by atoms with Gasteiger partial charge >= 0.3 is 6.03 Å². The van der Waals surface area contributed by atoms with Crippen molar-refractivity contribution in [2.75, 3.05) is 23.1 Å². The number of nitrogens with one attached hydrogen (secondary N) is 3. The van der Waals surface area contributed by atoms with Crippen molar-refractivity contribution in [1.29, 1.82) is 0 Å². The first-order valence-corrected chi connectivity index (χ1v) is 7.29. The van der Waals surface area contributed by atoms with E-state index in [-0.39, 0.29) is 11.9 Å². The van der Waals surface area contributed by atoms with Crippen LogP contribution in [0.4, 0.5) is 21.9 Å². The second-order valence-corrected chi connectivity index (χ2v) is 5.23. The Labute approximate surface area is 133 Å². The number of hydrogen-bond donors (Lipinski definition) is 3. The van der Waals surface area contributed by atoms with Crippen LogP contribution >= 0.6 is 0 Å². The van der Waals surface area contributed by atoms with Crippen LogP contribution in [0, 0.1) is 0 Å². The van der Waals surface area contributed by atoms with E-state index in [0.29, 0.717) is 30.0 Å². The minimum atomic E-state index is -0.335. The van der Waals surface area contributed by atoms with Crippen LogP contribution in [0.2, 0.25) is 0 Å². The zero-order valence-electron chi connectivity index (χ0n) is 12.7. The van der Waals surface area contributed by atoms with Gasteiger partial charge in [-0.1, -0.05) is 6.07 Å². The molecule has 0 saturated carbocycles. The monoisotopic (exact) mass is 311 g/mol. The van der Waals surface area contributed by atoms with E-state index in [9.17, 15) is 9.59 Å². The molecule has 1 aliphatic rings. The van der Waals surface area contributed by atoms with Gasteiger partial charge in [0.15, 0.2) is 0 Å². The van der Waals surface area contributed by atoms with Crippen LogP contribution in [-0.4, -0.2) is 19.0 Å². The fraction of sp³-hybridized carbons (Fsp3) is 0.176. The minimum Gasteiger partial charge on any atom is -0.497 e. The molecule has 3 N–H and O–H groups in total. The van der Waals surface area contributed by atoms with Gasteiger partial charge in [0.2, 0.25) is 5.91 Å². The van der Waals surface area contributed by atoms with Crippen molar-refractivity contribution in [3.05, 3.63) is 48.0 Å². The molecule has 3 rings (SSSR count). The molecule has 0 saturated heterocycles. The fourth-order valence-electron chi connectivity index (χ4n) is 2.46. The third kappa shape index (κ3) is 3.60. The molecule has 0 aromatic heterocycles. The molecule has 1 aliphatic heterocycles. The molecule has 0 bridgehead atoms. The van der Waals surface area contributed by atoms with Gasteiger partial charge in [-0.3, -0.25) is 4.79 Å². The molecule has 2 aromatic carbocycles. The quantitative estimate of drug-likeness (QED) is 0.814. The molecule has 6 heteroatoms. The standard InChI is InChI=1S/C17H17N3O3/c1-23-14-4-2-3-12(10-14)18-17(22)19-13-6-7-15-11(9-13)5-8-16(21)20-15/h2-4,6-7,9-10H,5,8H2,1H3,(H,20,21)(H2,18,19,22). The Bertz CT molecular complexity index is 758. The maximum Gasteiger partial charge on any atom is 0.323 e. The molecule has 0 aliphatic carbocycles. The molecule has 0 fully saturated rings. The number of fused-ring (bicyclic) bond motifs is 1. The number of carbonyl (C=O) groups is 2. The van der Waals surface area contributed by atoms with Gasteiger partial charge in [0.25, 0.3) is 0 Å². The summed E-state index contributed by atoms with van der Waals surface area (Å²) in [7, 11) is 1.57. The van der Waals surface area contributed by atoms with Crippen molar-refractivity contribution >= 4 is 29.0 Å². The number of benzene rings is 2. The molecule has 0 atom stereocenters. The summed E-state index contributed by atoms with van der Waals surface area (Å²) < 4.78 is 5.12. The fourth-order valence-corrected chi connectivity index (χ4v) is 2.46. The number of hydrogen-bond acceptors (Lipinski definition) is 3. The molecule has 118 valence electrons. The van der Waals surface area contributed by atoms with E-state index in [0.717, 1.165) is 11.3 Å². The molecule has 2 aromatic rings. The Morgan fingerprint density at radius 1 is 1.09 bits per heavy atom. The first-order chi connectivity index (χ1) is 11.1. The number of methoxy groups -OCH3 is 1. The highest BCUT2D eigenvalue weighted by molar-refractivity contribution is 6.00. The van der Waals surface area contributed by atoms with Crippen LogP contribution in [-0.2, 0) is 11.2 Å². The van der Waals surface area contributed by atoms with E-state index in [1.54, 1.807) is 43.5 Å². The van der Waals surface area contributed by atoms with Crippen molar-refractivity contribution in [2.45, 2.75) is 12.8 Å². The zero-order valence-corrected chi connectivity index (χ0v) is 12.7. The molecule has 3 amide bonds. The Morgan fingerprint density at radius 3 is 2.65 bits per heavy atom. The average molecular weight is 311 g/mol. The summed E-state index contributed by atoms with van der Waals surface area (Å²) in [6.45, 7) is 0. The molecule has 6 nitrogen and oxygen atoms in total. The van der Waals surface area contributed by atoms with Crippen molar-refractivity contribution in [3.63, 3.8) is 0 Å². The number of aryl methyl sites for hydroxylation is 1. The largest absolute Gasteiger partial charge is 0.497 e. The predicted octanol–water partition coefficient (Wildman–Crippen LogP) is 3.22. The summed E-state index contributed by atoms with van der Waals surface area (Å²) in [6.07, 6.45) is 1.14. The lowest BCUT2D eigenvalue weighted by Gasteiger charge is -2.18. The summed E-state index contributed by atoms with van der Waals surface area (Å²) in [5, 5.41) is 8.35. The number of carbonyl (C=O) groups excluding carboxylic acids is 2. The topological polar surface area (TPSA) is 79.5 Å². The molecule has 1 heterocycles. The highest BCUT2D eigenvalue weighted by Gasteiger charge is 2.15. The first kappa shape index (κ1) is 14.9. The lowest BCUT2D eigenvalue weighted by atomic mass is 10.0. The van der Waals surface area contributed by atoms with E-state index >= 15 is 0 Å². The van der Waals surface area contributed by atoms with Gasteiger partial charge in [0.05, 0.1) is 7.11 Å². The second kappa shape index (κ2) is 6.39. The van der Waals surface area contributed by atoms with E-state index in [1.165, 1.54) is 0 Å². The lowest BCUT2D eigenvalue weighted by molar-refractivity contribution is -0.116. The van der Waals surface area contributed by atoms with Crippen LogP contribution in [0.15, 0.2) is 42.5 Å². The third-order valence-electron chi connectivity index (χ3n) is 3.59. The van der Waals surface area contributed by atoms with Crippen molar-refractivity contribution < 1.29 is 14.3 Å². The summed E-state index contributed by atoms with van der Waals surface area (Å²) in [5.74, 6) is 0.696. The van der Waals surface area contributed by atoms with E-state index in [2.05, 4.69) is 16.0 Å². The number of urea groups is 1. The molecule has 23 heavy (non-hydrogen) atoms. The van der Waals surface area contributed by atoms with Gasteiger partial charge in [-0.15, -0.1) is 0 Å². The van der Waals surface area contributed by atoms with Gasteiger partial charge in [-0.25, -0.2) is 4.79 Å². The van der Waals surface area contributed by atoms with Crippen molar-refractivity contribution in [1.82, 2.24) is 0 Å². The summed E-state index contributed by atoms with van der Waals surface area (Å²) in [4.78, 5) is 23.4. The maximum atomic E-state index is 12.1. The smallest absolute Gasteiger partial charge is 0.323 e. The maximum absolute atomic E-state index is 12.1. The molecule has 0 spiro atoms. The zero-order chi connectivity index (χ0) is 16.2. The number of rotatable bonds is 3. The number of ether oxygens (including phenoxy) is 1. The van der Waals surface area contributed by atoms with Gasteiger partial charge < -0.3 is 20.7 Å². The van der Waals surface area contributed by atoms with Crippen molar-refractivity contribution in [2.24, 2.45) is 0 Å². The third-order valence-corrected chi connectivity index (χ3v) is 3.59. The van der Waals surface area contributed by atoms with Crippen molar-refractivity contribution in [3.8, 4) is 5.75 Å². The van der Waals surface area contributed by atoms with Crippen LogP contribution in [0.1, 0.15) is 12.0 Å². The van der Waals surface area contributed by atoms with Gasteiger partial charge in [0.1, 0.15) is 5.75 Å². The average Bonchev–Trinajstić information content (AvgIpc) is 2.55. The summed E-state index contributed by atoms with van der Waals surface area (Å²) in [5.41, 5.74) is 3.15. The van der Waals surface area contributed by atoms with Crippen LogP contribution in [0.3, 0.4) is 0 Å². The molecular formula is C17H17N3O3. The van der Waals surface area contributed by atoms with E-state index in [4.69, 9.17) is 4.74 Å². The van der Waals surface area contributed by atoms with E-state index in [1.807, 2.05) is 6.07 Å². The van der Waals surface area contributed by atoms with Gasteiger partial charge in [-0.2, -0.15) is 0 Å². The molecule has 0 radical (unpaired) electrons. The predicted molar refractivity (Wildman–Crippen MR) is 89.0 cm³/mol. The Morgan fingerprint density at radius 2 is 1.87 bits per heavy atom. The minimum absolute atomic E-state index is 0.0222. The molecular weight excluding hydrogens is 294 g/mol. The Hall–Kier alpha value is -3.02.